The van der Waals surface area contributed by atoms with Gasteiger partial charge in [-0.3, -0.25) is 14.5 Å². The summed E-state index contributed by atoms with van der Waals surface area (Å²) >= 11 is 0. The molecule has 1 saturated carbocycles. The third kappa shape index (κ3) is 2.87. The van der Waals surface area contributed by atoms with Crippen molar-refractivity contribution in [3.63, 3.8) is 0 Å². The first-order valence-corrected chi connectivity index (χ1v) is 9.50. The molecular weight excluding hydrogens is 330 g/mol. The van der Waals surface area contributed by atoms with E-state index in [2.05, 4.69) is 23.6 Å². The maximum atomic E-state index is 12.8. The predicted octanol–water partition coefficient (Wildman–Crippen LogP) is 2.29. The van der Waals surface area contributed by atoms with Gasteiger partial charge in [0.2, 0.25) is 5.91 Å². The van der Waals surface area contributed by atoms with Crippen LogP contribution in [0, 0.1) is 5.92 Å². The second-order valence-corrected chi connectivity index (χ2v) is 7.94. The molecule has 2 aliphatic carbocycles. The van der Waals surface area contributed by atoms with Crippen LogP contribution in [0.5, 0.6) is 0 Å². The number of fused-ring (bicyclic) bond motifs is 1. The van der Waals surface area contributed by atoms with Gasteiger partial charge < -0.3 is 10.6 Å². The van der Waals surface area contributed by atoms with E-state index in [1.807, 2.05) is 18.2 Å². The molecule has 26 heavy (non-hydrogen) atoms. The number of nitrogens with one attached hydrogen (secondary N) is 2. The molecule has 4 rings (SSSR count). The zero-order valence-electron chi connectivity index (χ0n) is 15.1. The molecule has 0 aromatic heterocycles. The lowest BCUT2D eigenvalue weighted by molar-refractivity contribution is -0.136. The largest absolute Gasteiger partial charge is 0.348 e. The van der Waals surface area contributed by atoms with Crippen LogP contribution in [-0.4, -0.2) is 34.8 Å². The second kappa shape index (κ2) is 6.41. The first-order valence-electron chi connectivity index (χ1n) is 9.50. The highest BCUT2D eigenvalue weighted by molar-refractivity contribution is 6.09. The van der Waals surface area contributed by atoms with E-state index in [-0.39, 0.29) is 24.4 Å². The first kappa shape index (κ1) is 17.1. The molecular formula is C20H25N3O3. The molecule has 1 aliphatic heterocycles. The molecule has 2 fully saturated rings. The molecule has 1 spiro atoms. The van der Waals surface area contributed by atoms with Gasteiger partial charge >= 0.3 is 6.03 Å². The fourth-order valence-corrected chi connectivity index (χ4v) is 4.50. The maximum Gasteiger partial charge on any atom is 0.325 e. The number of nitrogens with zero attached hydrogens (tertiary/aromatic N) is 1. The highest BCUT2D eigenvalue weighted by atomic mass is 16.2. The Kier molecular flexibility index (Phi) is 4.21. The maximum absolute atomic E-state index is 12.8. The molecule has 1 atom stereocenters. The lowest BCUT2D eigenvalue weighted by Crippen LogP contribution is -2.50. The predicted molar refractivity (Wildman–Crippen MR) is 96.3 cm³/mol. The van der Waals surface area contributed by atoms with Gasteiger partial charge in [-0.15, -0.1) is 0 Å². The summed E-state index contributed by atoms with van der Waals surface area (Å²) < 4.78 is 0. The normalized spacial score (nSPS) is 30.4. The summed E-state index contributed by atoms with van der Waals surface area (Å²) in [6.07, 6.45) is 4.95. The van der Waals surface area contributed by atoms with Crippen molar-refractivity contribution in [3.05, 3.63) is 35.4 Å². The van der Waals surface area contributed by atoms with E-state index in [0.717, 1.165) is 36.1 Å². The van der Waals surface area contributed by atoms with Gasteiger partial charge in [0, 0.05) is 0 Å². The molecule has 1 saturated heterocycles. The SMILES string of the molecule is CC1CCC2(CC1)NC(=O)N(CC(=O)N[C@H]1CCc3ccccc31)C2=O. The molecule has 1 heterocycles. The lowest BCUT2D eigenvalue weighted by atomic mass is 9.77. The summed E-state index contributed by atoms with van der Waals surface area (Å²) in [5.41, 5.74) is 1.60. The van der Waals surface area contributed by atoms with Gasteiger partial charge in [0.25, 0.3) is 5.91 Å². The molecule has 6 heteroatoms. The van der Waals surface area contributed by atoms with Crippen molar-refractivity contribution in [2.45, 2.75) is 57.0 Å². The van der Waals surface area contributed by atoms with Crippen molar-refractivity contribution >= 4 is 17.8 Å². The van der Waals surface area contributed by atoms with Crippen LogP contribution in [-0.2, 0) is 16.0 Å². The van der Waals surface area contributed by atoms with E-state index in [4.69, 9.17) is 0 Å². The Morgan fingerprint density at radius 1 is 1.23 bits per heavy atom. The summed E-state index contributed by atoms with van der Waals surface area (Å²) in [5.74, 6) is 0.0536. The van der Waals surface area contributed by atoms with Crippen LogP contribution in [0.4, 0.5) is 4.79 Å². The van der Waals surface area contributed by atoms with Gasteiger partial charge in [-0.05, 0) is 55.6 Å². The number of benzene rings is 1. The molecule has 2 N–H and O–H groups in total. The number of rotatable bonds is 3. The second-order valence-electron chi connectivity index (χ2n) is 7.94. The van der Waals surface area contributed by atoms with Crippen molar-refractivity contribution in [1.29, 1.82) is 0 Å². The average Bonchev–Trinajstić information content (AvgIpc) is 3.13. The van der Waals surface area contributed by atoms with E-state index in [9.17, 15) is 14.4 Å². The Morgan fingerprint density at radius 2 is 1.96 bits per heavy atom. The van der Waals surface area contributed by atoms with Gasteiger partial charge in [-0.1, -0.05) is 31.2 Å². The Hall–Kier alpha value is -2.37. The molecule has 0 bridgehead atoms. The molecule has 1 aromatic carbocycles. The number of amides is 4. The van der Waals surface area contributed by atoms with Gasteiger partial charge in [0.05, 0.1) is 6.04 Å². The van der Waals surface area contributed by atoms with E-state index in [1.165, 1.54) is 5.56 Å². The van der Waals surface area contributed by atoms with E-state index < -0.39 is 11.6 Å². The van der Waals surface area contributed by atoms with Crippen LogP contribution < -0.4 is 10.6 Å². The van der Waals surface area contributed by atoms with Gasteiger partial charge in [-0.25, -0.2) is 4.79 Å². The van der Waals surface area contributed by atoms with Crippen LogP contribution in [0.1, 0.15) is 56.2 Å². The van der Waals surface area contributed by atoms with Crippen molar-refractivity contribution in [2.75, 3.05) is 6.54 Å². The molecule has 0 radical (unpaired) electrons. The van der Waals surface area contributed by atoms with Crippen LogP contribution in [0.15, 0.2) is 24.3 Å². The molecule has 0 unspecified atom stereocenters. The lowest BCUT2D eigenvalue weighted by Gasteiger charge is -2.33. The minimum absolute atomic E-state index is 0.0380. The zero-order valence-corrected chi connectivity index (χ0v) is 15.1. The Labute approximate surface area is 153 Å². The number of carbonyl (C=O) groups excluding carboxylic acids is 3. The van der Waals surface area contributed by atoms with Gasteiger partial charge in [0.15, 0.2) is 0 Å². The number of carbonyl (C=O) groups is 3. The quantitative estimate of drug-likeness (QED) is 0.817. The Balaban J connectivity index is 1.40. The van der Waals surface area contributed by atoms with E-state index in [0.29, 0.717) is 18.8 Å². The zero-order chi connectivity index (χ0) is 18.3. The van der Waals surface area contributed by atoms with Gasteiger partial charge in [0.1, 0.15) is 12.1 Å². The third-order valence-corrected chi connectivity index (χ3v) is 6.14. The van der Waals surface area contributed by atoms with Crippen molar-refractivity contribution < 1.29 is 14.4 Å². The summed E-state index contributed by atoms with van der Waals surface area (Å²) in [5, 5.41) is 5.85. The number of hydrogen-bond acceptors (Lipinski definition) is 3. The van der Waals surface area contributed by atoms with Crippen LogP contribution in [0.2, 0.25) is 0 Å². The Morgan fingerprint density at radius 3 is 2.73 bits per heavy atom. The third-order valence-electron chi connectivity index (χ3n) is 6.14. The summed E-state index contributed by atoms with van der Waals surface area (Å²) in [6.45, 7) is 1.96. The number of aryl methyl sites for hydroxylation is 1. The first-order chi connectivity index (χ1) is 12.5. The average molecular weight is 355 g/mol. The molecule has 4 amide bonds. The minimum Gasteiger partial charge on any atom is -0.348 e. The molecule has 6 nitrogen and oxygen atoms in total. The minimum atomic E-state index is -0.788. The van der Waals surface area contributed by atoms with Crippen molar-refractivity contribution in [1.82, 2.24) is 15.5 Å². The number of imide groups is 1. The molecule has 3 aliphatic rings. The van der Waals surface area contributed by atoms with Gasteiger partial charge in [-0.2, -0.15) is 0 Å². The van der Waals surface area contributed by atoms with Crippen LogP contribution >= 0.6 is 0 Å². The van der Waals surface area contributed by atoms with Crippen LogP contribution in [0.25, 0.3) is 0 Å². The number of urea groups is 1. The highest BCUT2D eigenvalue weighted by Crippen LogP contribution is 2.36. The highest BCUT2D eigenvalue weighted by Gasteiger charge is 2.52. The summed E-state index contributed by atoms with van der Waals surface area (Å²) in [7, 11) is 0. The van der Waals surface area contributed by atoms with Crippen molar-refractivity contribution in [3.8, 4) is 0 Å². The molecule has 138 valence electrons. The smallest absolute Gasteiger partial charge is 0.325 e. The fourth-order valence-electron chi connectivity index (χ4n) is 4.50. The standard InChI is InChI=1S/C20H25N3O3/c1-13-8-10-20(11-9-13)18(25)23(19(26)22-20)12-17(24)21-16-7-6-14-4-2-3-5-15(14)16/h2-5,13,16H,6-12H2,1H3,(H,21,24)(H,22,26)/t13?,16-,20?/m0/s1. The fraction of sp³-hybridized carbons (Fsp3) is 0.550. The summed E-state index contributed by atoms with van der Waals surface area (Å²) in [6, 6.07) is 7.59. The van der Waals surface area contributed by atoms with E-state index in [1.54, 1.807) is 0 Å². The van der Waals surface area contributed by atoms with Crippen molar-refractivity contribution in [2.24, 2.45) is 5.92 Å². The monoisotopic (exact) mass is 355 g/mol. The van der Waals surface area contributed by atoms with E-state index >= 15 is 0 Å². The van der Waals surface area contributed by atoms with Crippen LogP contribution in [0.3, 0.4) is 0 Å². The molecule has 1 aromatic rings. The Bertz CT molecular complexity index is 752. The topological polar surface area (TPSA) is 78.5 Å². The number of hydrogen-bond donors (Lipinski definition) is 2. The summed E-state index contributed by atoms with van der Waals surface area (Å²) in [4.78, 5) is 38.7.